The SMILES string of the molecule is COc1cc(OCc2ccc(C#N)cc2)ccc1-c1c[nH]c(-c2cccc(C)c2)n1. The number of nitriles is 1. The van der Waals surface area contributed by atoms with Crippen molar-refractivity contribution >= 4 is 0 Å². The van der Waals surface area contributed by atoms with Gasteiger partial charge in [-0.05, 0) is 42.8 Å². The predicted octanol–water partition coefficient (Wildman–Crippen LogP) is 5.51. The Morgan fingerprint density at radius 3 is 2.60 bits per heavy atom. The monoisotopic (exact) mass is 395 g/mol. The number of nitrogens with zero attached hydrogens (tertiary/aromatic N) is 2. The molecule has 4 rings (SSSR count). The predicted molar refractivity (Wildman–Crippen MR) is 116 cm³/mol. The third-order valence-electron chi connectivity index (χ3n) is 4.81. The second-order valence-electron chi connectivity index (χ2n) is 6.96. The van der Waals surface area contributed by atoms with Crippen LogP contribution in [-0.4, -0.2) is 17.1 Å². The maximum absolute atomic E-state index is 8.89. The van der Waals surface area contributed by atoms with Gasteiger partial charge in [-0.25, -0.2) is 4.98 Å². The molecule has 0 unspecified atom stereocenters. The third-order valence-corrected chi connectivity index (χ3v) is 4.81. The summed E-state index contributed by atoms with van der Waals surface area (Å²) in [4.78, 5) is 7.99. The van der Waals surface area contributed by atoms with Gasteiger partial charge in [0, 0.05) is 23.4 Å². The molecule has 0 bridgehead atoms. The van der Waals surface area contributed by atoms with Crippen molar-refractivity contribution in [3.8, 4) is 40.2 Å². The highest BCUT2D eigenvalue weighted by molar-refractivity contribution is 5.71. The van der Waals surface area contributed by atoms with Crippen LogP contribution in [0.15, 0.2) is 72.9 Å². The summed E-state index contributed by atoms with van der Waals surface area (Å²) in [5.41, 5.74) is 5.55. The average Bonchev–Trinajstić information content (AvgIpc) is 3.28. The largest absolute Gasteiger partial charge is 0.496 e. The van der Waals surface area contributed by atoms with E-state index in [0.29, 0.717) is 23.7 Å². The minimum atomic E-state index is 0.411. The zero-order chi connectivity index (χ0) is 20.9. The first-order chi connectivity index (χ1) is 14.7. The standard InChI is InChI=1S/C25H21N3O2/c1-17-4-3-5-20(12-17)25-27-15-23(28-25)22-11-10-21(13-24(22)29-2)30-16-19-8-6-18(14-26)7-9-19/h3-13,15H,16H2,1-2H3,(H,27,28). The number of H-pyrrole nitrogens is 1. The summed E-state index contributed by atoms with van der Waals surface area (Å²) in [7, 11) is 1.64. The van der Waals surface area contributed by atoms with Crippen molar-refractivity contribution in [3.63, 3.8) is 0 Å². The molecular weight excluding hydrogens is 374 g/mol. The van der Waals surface area contributed by atoms with E-state index in [0.717, 1.165) is 28.2 Å². The van der Waals surface area contributed by atoms with Crippen LogP contribution >= 0.6 is 0 Å². The van der Waals surface area contributed by atoms with Crippen molar-refractivity contribution in [2.24, 2.45) is 0 Å². The molecule has 0 saturated carbocycles. The molecule has 0 atom stereocenters. The number of aromatic nitrogens is 2. The Balaban J connectivity index is 1.53. The van der Waals surface area contributed by atoms with E-state index in [1.807, 2.05) is 48.7 Å². The minimum Gasteiger partial charge on any atom is -0.496 e. The number of hydrogen-bond acceptors (Lipinski definition) is 4. The van der Waals surface area contributed by atoms with Gasteiger partial charge in [-0.2, -0.15) is 5.26 Å². The summed E-state index contributed by atoms with van der Waals surface area (Å²) >= 11 is 0. The lowest BCUT2D eigenvalue weighted by Gasteiger charge is -2.11. The van der Waals surface area contributed by atoms with Crippen molar-refractivity contribution in [2.75, 3.05) is 7.11 Å². The highest BCUT2D eigenvalue weighted by Gasteiger charge is 2.12. The van der Waals surface area contributed by atoms with Crippen LogP contribution in [0.4, 0.5) is 0 Å². The van der Waals surface area contributed by atoms with E-state index in [2.05, 4.69) is 30.1 Å². The maximum atomic E-state index is 8.89. The van der Waals surface area contributed by atoms with E-state index in [-0.39, 0.29) is 0 Å². The molecule has 0 radical (unpaired) electrons. The molecule has 148 valence electrons. The first kappa shape index (κ1) is 19.3. The lowest BCUT2D eigenvalue weighted by molar-refractivity contribution is 0.304. The molecule has 0 aliphatic carbocycles. The third kappa shape index (κ3) is 4.18. The molecule has 0 aliphatic rings. The van der Waals surface area contributed by atoms with Crippen molar-refractivity contribution in [3.05, 3.63) is 89.6 Å². The fourth-order valence-electron chi connectivity index (χ4n) is 3.22. The van der Waals surface area contributed by atoms with Gasteiger partial charge in [0.1, 0.15) is 23.9 Å². The summed E-state index contributed by atoms with van der Waals surface area (Å²) in [5.74, 6) is 2.21. The van der Waals surface area contributed by atoms with Crippen LogP contribution in [0.2, 0.25) is 0 Å². The molecule has 1 N–H and O–H groups in total. The Hall–Kier alpha value is -4.04. The summed E-state index contributed by atoms with van der Waals surface area (Å²) in [6.45, 7) is 2.47. The number of imidazole rings is 1. The van der Waals surface area contributed by atoms with Crippen LogP contribution in [0.5, 0.6) is 11.5 Å². The molecule has 0 amide bonds. The second-order valence-corrected chi connectivity index (χ2v) is 6.96. The molecule has 4 aromatic rings. The number of rotatable bonds is 6. The summed E-state index contributed by atoms with van der Waals surface area (Å²) < 4.78 is 11.5. The van der Waals surface area contributed by atoms with Gasteiger partial charge in [0.15, 0.2) is 0 Å². The Labute approximate surface area is 175 Å². The van der Waals surface area contributed by atoms with Gasteiger partial charge in [-0.15, -0.1) is 0 Å². The van der Waals surface area contributed by atoms with Crippen LogP contribution in [0.3, 0.4) is 0 Å². The van der Waals surface area contributed by atoms with Gasteiger partial charge in [-0.3, -0.25) is 0 Å². The quantitative estimate of drug-likeness (QED) is 0.467. The molecule has 0 spiro atoms. The zero-order valence-electron chi connectivity index (χ0n) is 16.8. The Bertz CT molecular complexity index is 1200. The molecule has 1 heterocycles. The van der Waals surface area contributed by atoms with Crippen LogP contribution in [0.1, 0.15) is 16.7 Å². The molecule has 0 fully saturated rings. The van der Waals surface area contributed by atoms with E-state index in [1.54, 1.807) is 19.2 Å². The normalized spacial score (nSPS) is 10.4. The molecule has 1 aromatic heterocycles. The smallest absolute Gasteiger partial charge is 0.138 e. The van der Waals surface area contributed by atoms with Crippen LogP contribution in [0.25, 0.3) is 22.6 Å². The van der Waals surface area contributed by atoms with Crippen LogP contribution in [-0.2, 0) is 6.61 Å². The number of aromatic amines is 1. The number of aryl methyl sites for hydroxylation is 1. The Morgan fingerprint density at radius 2 is 1.87 bits per heavy atom. The van der Waals surface area contributed by atoms with Gasteiger partial charge in [0.05, 0.1) is 24.4 Å². The van der Waals surface area contributed by atoms with E-state index >= 15 is 0 Å². The van der Waals surface area contributed by atoms with E-state index in [4.69, 9.17) is 19.7 Å². The summed E-state index contributed by atoms with van der Waals surface area (Å²) in [6, 6.07) is 23.4. The number of hydrogen-bond donors (Lipinski definition) is 1. The molecule has 5 heteroatoms. The van der Waals surface area contributed by atoms with E-state index in [9.17, 15) is 0 Å². The summed E-state index contributed by atoms with van der Waals surface area (Å²) in [5, 5.41) is 8.89. The van der Waals surface area contributed by atoms with E-state index in [1.165, 1.54) is 5.56 Å². The zero-order valence-corrected chi connectivity index (χ0v) is 16.8. The topological polar surface area (TPSA) is 70.9 Å². The fourth-order valence-corrected chi connectivity index (χ4v) is 3.22. The van der Waals surface area contributed by atoms with Gasteiger partial charge in [0.2, 0.25) is 0 Å². The average molecular weight is 395 g/mol. The molecule has 3 aromatic carbocycles. The van der Waals surface area contributed by atoms with Gasteiger partial charge in [0.25, 0.3) is 0 Å². The van der Waals surface area contributed by atoms with Gasteiger partial charge < -0.3 is 14.5 Å². The minimum absolute atomic E-state index is 0.411. The number of methoxy groups -OCH3 is 1. The lowest BCUT2D eigenvalue weighted by Crippen LogP contribution is -1.97. The second kappa shape index (κ2) is 8.54. The highest BCUT2D eigenvalue weighted by atomic mass is 16.5. The van der Waals surface area contributed by atoms with Crippen molar-refractivity contribution in [2.45, 2.75) is 13.5 Å². The van der Waals surface area contributed by atoms with Crippen molar-refractivity contribution < 1.29 is 9.47 Å². The first-order valence-electron chi connectivity index (χ1n) is 9.59. The van der Waals surface area contributed by atoms with Gasteiger partial charge in [-0.1, -0.05) is 35.9 Å². The Kier molecular flexibility index (Phi) is 5.49. The molecule has 5 nitrogen and oxygen atoms in total. The van der Waals surface area contributed by atoms with E-state index < -0.39 is 0 Å². The van der Waals surface area contributed by atoms with Crippen LogP contribution in [0, 0.1) is 18.3 Å². The van der Waals surface area contributed by atoms with Gasteiger partial charge >= 0.3 is 0 Å². The maximum Gasteiger partial charge on any atom is 0.138 e. The molecule has 30 heavy (non-hydrogen) atoms. The highest BCUT2D eigenvalue weighted by Crippen LogP contribution is 2.33. The van der Waals surface area contributed by atoms with Crippen LogP contribution < -0.4 is 9.47 Å². The first-order valence-corrected chi connectivity index (χ1v) is 9.59. The van der Waals surface area contributed by atoms with Crippen molar-refractivity contribution in [1.29, 1.82) is 5.26 Å². The van der Waals surface area contributed by atoms with Crippen molar-refractivity contribution in [1.82, 2.24) is 9.97 Å². The number of benzene rings is 3. The fraction of sp³-hybridized carbons (Fsp3) is 0.120. The number of nitrogens with one attached hydrogen (secondary N) is 1. The Morgan fingerprint density at radius 1 is 1.03 bits per heavy atom. The molecule has 0 aliphatic heterocycles. The summed E-state index contributed by atoms with van der Waals surface area (Å²) in [6.07, 6.45) is 1.88. The number of ether oxygens (including phenoxy) is 2. The lowest BCUT2D eigenvalue weighted by atomic mass is 10.1. The molecule has 0 saturated heterocycles. The molecular formula is C25H21N3O2.